The van der Waals surface area contributed by atoms with Gasteiger partial charge in [-0.25, -0.2) is 0 Å². The third kappa shape index (κ3) is 3.24. The highest BCUT2D eigenvalue weighted by Gasteiger charge is 2.06. The van der Waals surface area contributed by atoms with Gasteiger partial charge in [-0.3, -0.25) is 0 Å². The minimum atomic E-state index is -0.296. The zero-order chi connectivity index (χ0) is 11.4. The van der Waals surface area contributed by atoms with E-state index in [1.807, 2.05) is 6.92 Å². The molecule has 0 saturated heterocycles. The summed E-state index contributed by atoms with van der Waals surface area (Å²) in [5.74, 6) is 0.968. The van der Waals surface area contributed by atoms with Crippen LogP contribution in [0.25, 0.3) is 0 Å². The molecule has 1 atom stereocenters. The molecule has 0 spiro atoms. The molecule has 1 rings (SSSR count). The molecule has 0 aliphatic carbocycles. The van der Waals surface area contributed by atoms with Crippen molar-refractivity contribution in [3.63, 3.8) is 0 Å². The van der Waals surface area contributed by atoms with Gasteiger partial charge in [-0.2, -0.15) is 0 Å². The van der Waals surface area contributed by atoms with Crippen molar-refractivity contribution in [1.29, 1.82) is 0 Å². The molecule has 0 saturated carbocycles. The molecule has 1 aromatic carbocycles. The molecule has 0 heterocycles. The average Bonchev–Trinajstić information content (AvgIpc) is 2.17. The van der Waals surface area contributed by atoms with Gasteiger partial charge in [0.2, 0.25) is 0 Å². The Hall–Kier alpha value is -1.02. The van der Waals surface area contributed by atoms with Crippen LogP contribution in [0.3, 0.4) is 0 Å². The number of aliphatic hydroxyl groups excluding tert-OH is 1. The summed E-state index contributed by atoms with van der Waals surface area (Å²) >= 11 is 0. The van der Waals surface area contributed by atoms with Crippen LogP contribution in [0.4, 0.5) is 0 Å². The molecule has 2 nitrogen and oxygen atoms in total. The summed E-state index contributed by atoms with van der Waals surface area (Å²) in [4.78, 5) is 0. The molecule has 0 amide bonds. The lowest BCUT2D eigenvalue weighted by molar-refractivity contribution is 0.155. The Morgan fingerprint density at radius 1 is 1.20 bits per heavy atom. The van der Waals surface area contributed by atoms with Crippen LogP contribution >= 0.6 is 0 Å². The van der Waals surface area contributed by atoms with Crippen LogP contribution in [0.1, 0.15) is 30.0 Å². The van der Waals surface area contributed by atoms with Crippen LogP contribution in [0.5, 0.6) is 5.75 Å². The first-order chi connectivity index (χ1) is 7.02. The quantitative estimate of drug-likeness (QED) is 0.824. The van der Waals surface area contributed by atoms with Crippen molar-refractivity contribution in [2.45, 2.75) is 40.2 Å². The van der Waals surface area contributed by atoms with Gasteiger partial charge in [0, 0.05) is 6.42 Å². The fraction of sp³-hybridized carbons (Fsp3) is 0.538. The van der Waals surface area contributed by atoms with Gasteiger partial charge in [-0.15, -0.1) is 0 Å². The summed E-state index contributed by atoms with van der Waals surface area (Å²) < 4.78 is 5.70. The van der Waals surface area contributed by atoms with Crippen LogP contribution < -0.4 is 4.74 Å². The van der Waals surface area contributed by atoms with Crippen LogP contribution in [0.2, 0.25) is 0 Å². The maximum atomic E-state index is 9.14. The van der Waals surface area contributed by atoms with Crippen LogP contribution in [0, 0.1) is 20.8 Å². The first-order valence-electron chi connectivity index (χ1n) is 5.40. The van der Waals surface area contributed by atoms with Crippen molar-refractivity contribution in [1.82, 2.24) is 0 Å². The third-order valence-electron chi connectivity index (χ3n) is 2.66. The first kappa shape index (κ1) is 12.1. The van der Waals surface area contributed by atoms with Crippen molar-refractivity contribution < 1.29 is 9.84 Å². The largest absolute Gasteiger partial charge is 0.493 e. The molecular formula is C13H20O2. The van der Waals surface area contributed by atoms with Crippen LogP contribution in [-0.2, 0) is 0 Å². The topological polar surface area (TPSA) is 29.5 Å². The Bertz CT molecular complexity index is 330. The van der Waals surface area contributed by atoms with Gasteiger partial charge in [0.05, 0.1) is 12.7 Å². The minimum absolute atomic E-state index is 0.296. The molecule has 0 fully saturated rings. The monoisotopic (exact) mass is 208 g/mol. The van der Waals surface area contributed by atoms with Crippen LogP contribution in [0.15, 0.2) is 12.1 Å². The van der Waals surface area contributed by atoms with Gasteiger partial charge in [0.25, 0.3) is 0 Å². The predicted octanol–water partition coefficient (Wildman–Crippen LogP) is 2.76. The molecule has 0 radical (unpaired) electrons. The van der Waals surface area contributed by atoms with E-state index in [1.165, 1.54) is 11.1 Å². The lowest BCUT2D eigenvalue weighted by Gasteiger charge is -2.14. The van der Waals surface area contributed by atoms with Gasteiger partial charge in [-0.05, 0) is 44.4 Å². The highest BCUT2D eigenvalue weighted by atomic mass is 16.5. The molecule has 0 aliphatic heterocycles. The van der Waals surface area contributed by atoms with E-state index in [0.717, 1.165) is 11.3 Å². The fourth-order valence-electron chi connectivity index (χ4n) is 1.48. The molecule has 0 aromatic heterocycles. The normalized spacial score (nSPS) is 12.6. The second kappa shape index (κ2) is 5.17. The number of hydrogen-bond acceptors (Lipinski definition) is 2. The summed E-state index contributed by atoms with van der Waals surface area (Å²) in [6, 6.07) is 4.17. The lowest BCUT2D eigenvalue weighted by Crippen LogP contribution is -2.09. The van der Waals surface area contributed by atoms with Crippen molar-refractivity contribution in [2.24, 2.45) is 0 Å². The smallest absolute Gasteiger partial charge is 0.125 e. The number of benzene rings is 1. The highest BCUT2D eigenvalue weighted by molar-refractivity contribution is 5.44. The summed E-state index contributed by atoms with van der Waals surface area (Å²) in [6.07, 6.45) is 0.378. The summed E-state index contributed by atoms with van der Waals surface area (Å²) in [5, 5.41) is 9.14. The molecule has 1 N–H and O–H groups in total. The van der Waals surface area contributed by atoms with Crippen molar-refractivity contribution >= 4 is 0 Å². The highest BCUT2D eigenvalue weighted by Crippen LogP contribution is 2.25. The number of ether oxygens (including phenoxy) is 1. The molecular weight excluding hydrogens is 188 g/mol. The fourth-order valence-corrected chi connectivity index (χ4v) is 1.48. The molecule has 0 aliphatic rings. The second-order valence-electron chi connectivity index (χ2n) is 4.14. The van der Waals surface area contributed by atoms with E-state index in [0.29, 0.717) is 13.0 Å². The Morgan fingerprint density at radius 2 is 1.80 bits per heavy atom. The lowest BCUT2D eigenvalue weighted by atomic mass is 10.1. The zero-order valence-corrected chi connectivity index (χ0v) is 10.0. The van der Waals surface area contributed by atoms with E-state index >= 15 is 0 Å². The molecule has 2 heteroatoms. The van der Waals surface area contributed by atoms with E-state index in [2.05, 4.69) is 26.0 Å². The molecule has 1 aromatic rings. The van der Waals surface area contributed by atoms with Gasteiger partial charge in [0.15, 0.2) is 0 Å². The zero-order valence-electron chi connectivity index (χ0n) is 10.0. The Labute approximate surface area is 91.9 Å². The molecule has 15 heavy (non-hydrogen) atoms. The second-order valence-corrected chi connectivity index (χ2v) is 4.14. The Balaban J connectivity index is 2.71. The summed E-state index contributed by atoms with van der Waals surface area (Å²) in [7, 11) is 0. The summed E-state index contributed by atoms with van der Waals surface area (Å²) in [6.45, 7) is 8.54. The Kier molecular flexibility index (Phi) is 4.15. The summed E-state index contributed by atoms with van der Waals surface area (Å²) in [5.41, 5.74) is 3.59. The maximum Gasteiger partial charge on any atom is 0.125 e. The van der Waals surface area contributed by atoms with Crippen molar-refractivity contribution in [2.75, 3.05) is 6.61 Å². The van der Waals surface area contributed by atoms with Gasteiger partial charge in [-0.1, -0.05) is 12.1 Å². The van der Waals surface area contributed by atoms with E-state index in [1.54, 1.807) is 6.92 Å². The van der Waals surface area contributed by atoms with Crippen LogP contribution in [-0.4, -0.2) is 17.8 Å². The van der Waals surface area contributed by atoms with Gasteiger partial charge < -0.3 is 9.84 Å². The van der Waals surface area contributed by atoms with Gasteiger partial charge >= 0.3 is 0 Å². The minimum Gasteiger partial charge on any atom is -0.493 e. The standard InChI is InChI=1S/C13H20O2/c1-9-5-6-10(2)13(12(9)4)15-8-7-11(3)14/h5-6,11,14H,7-8H2,1-4H3. The number of aliphatic hydroxyl groups is 1. The Morgan fingerprint density at radius 3 is 2.40 bits per heavy atom. The molecule has 1 unspecified atom stereocenters. The molecule has 84 valence electrons. The number of rotatable bonds is 4. The SMILES string of the molecule is Cc1ccc(C)c(OCCC(C)O)c1C. The van der Waals surface area contributed by atoms with E-state index in [-0.39, 0.29) is 6.10 Å². The van der Waals surface area contributed by atoms with E-state index in [4.69, 9.17) is 9.84 Å². The van der Waals surface area contributed by atoms with E-state index < -0.39 is 0 Å². The number of hydrogen-bond donors (Lipinski definition) is 1. The first-order valence-corrected chi connectivity index (χ1v) is 5.40. The predicted molar refractivity (Wildman–Crippen MR) is 62.4 cm³/mol. The number of aryl methyl sites for hydroxylation is 2. The van der Waals surface area contributed by atoms with Gasteiger partial charge in [0.1, 0.15) is 5.75 Å². The average molecular weight is 208 g/mol. The maximum absolute atomic E-state index is 9.14. The van der Waals surface area contributed by atoms with E-state index in [9.17, 15) is 0 Å². The molecule has 0 bridgehead atoms. The van der Waals surface area contributed by atoms with Crippen molar-refractivity contribution in [3.05, 3.63) is 28.8 Å². The third-order valence-corrected chi connectivity index (χ3v) is 2.66. The van der Waals surface area contributed by atoms with Crippen molar-refractivity contribution in [3.8, 4) is 5.75 Å².